The Kier molecular flexibility index (Phi) is 2.40. The van der Waals surface area contributed by atoms with Crippen LogP contribution in [0.2, 0.25) is 0 Å². The summed E-state index contributed by atoms with van der Waals surface area (Å²) in [5, 5.41) is 0. The standard InChI is InChI=1S/C24H40/c1-9-16-24-17(8)18(10-2)20(12-4)19(17,11-3)22(24,14-6)23(20,15-7)21(18,24)13-5/h9-16H2,1-8H3. The molecule has 0 aromatic carbocycles. The Labute approximate surface area is 150 Å². The van der Waals surface area contributed by atoms with Crippen molar-refractivity contribution < 1.29 is 0 Å². The maximum atomic E-state index is 2.80. The normalized spacial score (nSPS) is 69.0. The van der Waals surface area contributed by atoms with Crippen LogP contribution < -0.4 is 0 Å². The SMILES string of the molecule is CCCC12C3(C)C4(CC)C5(CC)C3(CC)C1(CC)C5(CC)C42CC. The zero-order chi connectivity index (χ0) is 17.7. The van der Waals surface area contributed by atoms with E-state index in [1.165, 1.54) is 51.4 Å². The molecular formula is C24H40. The van der Waals surface area contributed by atoms with Crippen molar-refractivity contribution in [2.75, 3.05) is 0 Å². The Balaban J connectivity index is 1.85. The molecular weight excluding hydrogens is 288 g/mol. The molecule has 136 valence electrons. The average Bonchev–Trinajstić information content (AvgIpc) is 2.60. The Bertz CT molecular complexity index is 584. The Hall–Kier alpha value is 0. The summed E-state index contributed by atoms with van der Waals surface area (Å²) in [6, 6.07) is 0. The third kappa shape index (κ3) is 0.574. The van der Waals surface area contributed by atoms with E-state index in [-0.39, 0.29) is 0 Å². The van der Waals surface area contributed by atoms with E-state index in [0.29, 0.717) is 43.3 Å². The van der Waals surface area contributed by atoms with Gasteiger partial charge in [0.15, 0.2) is 0 Å². The summed E-state index contributed by atoms with van der Waals surface area (Å²) in [6.45, 7) is 20.7. The molecule has 6 rings (SSSR count). The van der Waals surface area contributed by atoms with Gasteiger partial charge in [0, 0.05) is 0 Å². The van der Waals surface area contributed by atoms with Gasteiger partial charge in [-0.15, -0.1) is 0 Å². The van der Waals surface area contributed by atoms with E-state index >= 15 is 0 Å². The molecule has 0 aromatic rings. The van der Waals surface area contributed by atoms with E-state index in [9.17, 15) is 0 Å². The molecule has 0 aromatic heterocycles. The van der Waals surface area contributed by atoms with E-state index in [4.69, 9.17) is 0 Å². The van der Waals surface area contributed by atoms with Crippen LogP contribution in [0.15, 0.2) is 0 Å². The minimum absolute atomic E-state index is 0.672. The van der Waals surface area contributed by atoms with Gasteiger partial charge in [0.2, 0.25) is 0 Å². The van der Waals surface area contributed by atoms with Gasteiger partial charge in [-0.05, 0) is 88.3 Å². The summed E-state index contributed by atoms with van der Waals surface area (Å²) >= 11 is 0. The molecule has 6 saturated carbocycles. The zero-order valence-electron chi connectivity index (χ0n) is 17.7. The molecule has 4 atom stereocenters. The molecule has 0 aliphatic heterocycles. The lowest BCUT2D eigenvalue weighted by Crippen LogP contribution is -3.31. The monoisotopic (exact) mass is 328 g/mol. The maximum Gasteiger partial charge on any atom is -0.00966 e. The lowest BCUT2D eigenvalue weighted by molar-refractivity contribution is -0.885. The van der Waals surface area contributed by atoms with Gasteiger partial charge in [0.1, 0.15) is 0 Å². The molecule has 0 radical (unpaired) electrons. The largest absolute Gasteiger partial charge is 0.0654 e. The summed E-state index contributed by atoms with van der Waals surface area (Å²) in [6.07, 6.45) is 11.7. The van der Waals surface area contributed by atoms with Gasteiger partial charge >= 0.3 is 0 Å². The number of rotatable bonds is 8. The van der Waals surface area contributed by atoms with Crippen LogP contribution in [-0.2, 0) is 0 Å². The Morgan fingerprint density at radius 3 is 1.00 bits per heavy atom. The Morgan fingerprint density at radius 1 is 0.417 bits per heavy atom. The van der Waals surface area contributed by atoms with Crippen molar-refractivity contribution in [1.29, 1.82) is 0 Å². The smallest absolute Gasteiger partial charge is 0.00966 e. The second-order valence-corrected chi connectivity index (χ2v) is 10.3. The summed E-state index contributed by atoms with van der Waals surface area (Å²) < 4.78 is 0. The number of hydrogen-bond acceptors (Lipinski definition) is 0. The second-order valence-electron chi connectivity index (χ2n) is 10.3. The lowest BCUT2D eigenvalue weighted by atomic mass is 8.69. The van der Waals surface area contributed by atoms with Crippen LogP contribution in [0.1, 0.15) is 107 Å². The van der Waals surface area contributed by atoms with Gasteiger partial charge in [-0.2, -0.15) is 0 Å². The van der Waals surface area contributed by atoms with Crippen LogP contribution in [0.25, 0.3) is 0 Å². The third-order valence-corrected chi connectivity index (χ3v) is 12.9. The van der Waals surface area contributed by atoms with Crippen molar-refractivity contribution >= 4 is 0 Å². The predicted molar refractivity (Wildman–Crippen MR) is 102 cm³/mol. The first-order valence-corrected chi connectivity index (χ1v) is 11.4. The molecule has 6 aliphatic rings. The van der Waals surface area contributed by atoms with E-state index < -0.39 is 0 Å². The van der Waals surface area contributed by atoms with Crippen LogP contribution in [-0.4, -0.2) is 0 Å². The van der Waals surface area contributed by atoms with E-state index in [1.54, 1.807) is 0 Å². The second kappa shape index (κ2) is 3.55. The van der Waals surface area contributed by atoms with Gasteiger partial charge in [-0.25, -0.2) is 0 Å². The summed E-state index contributed by atoms with van der Waals surface area (Å²) in [5.41, 5.74) is 5.64. The highest BCUT2D eigenvalue weighted by Gasteiger charge is 3.32. The average molecular weight is 329 g/mol. The summed E-state index contributed by atoms with van der Waals surface area (Å²) in [5.74, 6) is 0. The highest BCUT2D eigenvalue weighted by Crippen LogP contribution is 3.35. The number of hydrogen-bond donors (Lipinski definition) is 0. The highest BCUT2D eigenvalue weighted by atomic mass is 15.3. The van der Waals surface area contributed by atoms with E-state index in [1.807, 2.05) is 0 Å². The van der Waals surface area contributed by atoms with Crippen LogP contribution in [0.3, 0.4) is 0 Å². The van der Waals surface area contributed by atoms with Crippen LogP contribution >= 0.6 is 0 Å². The van der Waals surface area contributed by atoms with Crippen LogP contribution in [0.4, 0.5) is 0 Å². The molecule has 0 bridgehead atoms. The van der Waals surface area contributed by atoms with E-state index in [0.717, 1.165) is 0 Å². The molecule has 0 N–H and O–H groups in total. The summed E-state index contributed by atoms with van der Waals surface area (Å²) in [7, 11) is 0. The van der Waals surface area contributed by atoms with E-state index in [2.05, 4.69) is 55.4 Å². The molecule has 0 spiro atoms. The molecule has 0 nitrogen and oxygen atoms in total. The van der Waals surface area contributed by atoms with Crippen LogP contribution in [0.5, 0.6) is 0 Å². The molecule has 24 heavy (non-hydrogen) atoms. The predicted octanol–water partition coefficient (Wildman–Crippen LogP) is 7.23. The van der Waals surface area contributed by atoms with Crippen molar-refractivity contribution in [1.82, 2.24) is 0 Å². The minimum Gasteiger partial charge on any atom is -0.0654 e. The van der Waals surface area contributed by atoms with Crippen molar-refractivity contribution in [2.24, 2.45) is 43.3 Å². The first-order valence-electron chi connectivity index (χ1n) is 11.4. The molecule has 4 unspecified atom stereocenters. The topological polar surface area (TPSA) is 0 Å². The summed E-state index contributed by atoms with van der Waals surface area (Å²) in [4.78, 5) is 0. The van der Waals surface area contributed by atoms with Crippen molar-refractivity contribution in [3.63, 3.8) is 0 Å². The van der Waals surface area contributed by atoms with Gasteiger partial charge in [0.25, 0.3) is 0 Å². The quantitative estimate of drug-likeness (QED) is 0.441. The van der Waals surface area contributed by atoms with Crippen LogP contribution in [0, 0.1) is 43.3 Å². The van der Waals surface area contributed by atoms with Gasteiger partial charge in [-0.3, -0.25) is 0 Å². The first-order chi connectivity index (χ1) is 11.4. The zero-order valence-corrected chi connectivity index (χ0v) is 17.7. The maximum absolute atomic E-state index is 2.80. The third-order valence-electron chi connectivity index (χ3n) is 12.9. The molecule has 0 heterocycles. The fraction of sp³-hybridized carbons (Fsp3) is 1.00. The van der Waals surface area contributed by atoms with Gasteiger partial charge in [-0.1, -0.05) is 61.8 Å². The van der Waals surface area contributed by atoms with Gasteiger partial charge in [0.05, 0.1) is 0 Å². The minimum atomic E-state index is 0.672. The first kappa shape index (κ1) is 16.2. The van der Waals surface area contributed by atoms with Crippen molar-refractivity contribution in [3.05, 3.63) is 0 Å². The molecule has 0 heteroatoms. The lowest BCUT2D eigenvalue weighted by Gasteiger charge is -3.34. The fourth-order valence-electron chi connectivity index (χ4n) is 15.3. The molecule has 0 amide bonds. The van der Waals surface area contributed by atoms with Crippen molar-refractivity contribution in [3.8, 4) is 0 Å². The molecule has 0 saturated heterocycles. The van der Waals surface area contributed by atoms with Gasteiger partial charge < -0.3 is 0 Å². The van der Waals surface area contributed by atoms with Crippen molar-refractivity contribution in [2.45, 2.75) is 107 Å². The highest BCUT2D eigenvalue weighted by molar-refractivity contribution is 5.78. The fourth-order valence-corrected chi connectivity index (χ4v) is 15.3. The molecule has 6 aliphatic carbocycles. The molecule has 6 fully saturated rings. The Morgan fingerprint density at radius 2 is 0.708 bits per heavy atom.